The summed E-state index contributed by atoms with van der Waals surface area (Å²) in [5.74, 6) is -0.0202. The van der Waals surface area contributed by atoms with Crippen LogP contribution >= 0.6 is 0 Å². The maximum atomic E-state index is 13.4. The number of fused-ring (bicyclic) bond motifs is 3. The van der Waals surface area contributed by atoms with Gasteiger partial charge in [-0.3, -0.25) is 18.9 Å². The number of hydrogen-bond donors (Lipinski definition) is 2. The number of hydrogen-bond acceptors (Lipinski definition) is 4. The number of pyridine rings is 1. The summed E-state index contributed by atoms with van der Waals surface area (Å²) in [5.41, 5.74) is 4.61. The van der Waals surface area contributed by atoms with Gasteiger partial charge < -0.3 is 15.6 Å². The number of carbonyl (C=O) groups is 1. The highest BCUT2D eigenvalue weighted by Crippen LogP contribution is 2.29. The molecule has 0 aliphatic rings. The maximum absolute atomic E-state index is 13.4. The van der Waals surface area contributed by atoms with E-state index in [0.717, 1.165) is 22.0 Å². The Hall–Kier alpha value is -4.04. The van der Waals surface area contributed by atoms with E-state index >= 15 is 0 Å². The molecule has 0 saturated carbocycles. The number of aromatic nitrogens is 3. The van der Waals surface area contributed by atoms with Crippen molar-refractivity contribution in [3.05, 3.63) is 71.4 Å². The van der Waals surface area contributed by atoms with Crippen molar-refractivity contribution >= 4 is 39.3 Å². The van der Waals surface area contributed by atoms with Crippen molar-refractivity contribution in [2.24, 2.45) is 7.05 Å². The number of carbonyl (C=O) groups excluding carboxylic acids is 1. The van der Waals surface area contributed by atoms with E-state index in [-0.39, 0.29) is 23.9 Å². The summed E-state index contributed by atoms with van der Waals surface area (Å²) in [6, 6.07) is 16.0. The molecule has 34 heavy (non-hydrogen) atoms. The standard InChI is InChI=1S/C26H28N6O2/c1-5-30(3)24(33)16-28-14-22(17(2)27)32-25-20-13-19(18-9-7-6-8-10-18)11-12-21(20)29-15-23(25)31(4)26(32)34/h6-15,27-28H,5,16H2,1-4H3/p+1. The average Bonchev–Trinajstić information content (AvgIpc) is 3.11. The van der Waals surface area contributed by atoms with Crippen LogP contribution in [0.1, 0.15) is 13.8 Å². The molecule has 3 N–H and O–H groups in total. The molecule has 4 rings (SSSR count). The van der Waals surface area contributed by atoms with Crippen LogP contribution in [0.4, 0.5) is 0 Å². The van der Waals surface area contributed by atoms with E-state index in [1.165, 1.54) is 0 Å². The molecule has 2 aromatic heterocycles. The summed E-state index contributed by atoms with van der Waals surface area (Å²) in [5, 5.41) is 10.9. The summed E-state index contributed by atoms with van der Waals surface area (Å²) < 4.78 is 3.10. The van der Waals surface area contributed by atoms with Gasteiger partial charge in [-0.1, -0.05) is 36.4 Å². The largest absolute Gasteiger partial charge is 0.341 e. The first-order chi connectivity index (χ1) is 16.3. The Morgan fingerprint density at radius 1 is 1.18 bits per heavy atom. The molecule has 2 aromatic carbocycles. The van der Waals surface area contributed by atoms with E-state index in [0.29, 0.717) is 23.3 Å². The molecule has 1 amide bonds. The van der Waals surface area contributed by atoms with Crippen LogP contribution in [0.25, 0.3) is 38.8 Å². The number of likely N-dealkylation sites (N-methyl/N-ethyl adjacent to an activating group) is 1. The van der Waals surface area contributed by atoms with E-state index in [4.69, 9.17) is 5.41 Å². The van der Waals surface area contributed by atoms with Crippen molar-refractivity contribution in [3.8, 4) is 11.1 Å². The molecule has 4 aromatic rings. The first kappa shape index (κ1) is 23.1. The minimum absolute atomic E-state index is 0.0202. The molecule has 8 heteroatoms. The van der Waals surface area contributed by atoms with Crippen molar-refractivity contribution in [3.63, 3.8) is 0 Å². The van der Waals surface area contributed by atoms with Gasteiger partial charge in [-0.25, -0.2) is 4.79 Å². The molecule has 0 fully saturated rings. The number of aryl methyl sites for hydroxylation is 1. The SMILES string of the molecule is CCN(C)C(=O)C[NH2+]C=C(C(C)=N)n1c(=O)n(C)c2cnc3ccc(-c4ccccc4)cc3c21. The summed E-state index contributed by atoms with van der Waals surface area (Å²) in [6.45, 7) is 4.38. The Bertz CT molecular complexity index is 1480. The second-order valence-electron chi connectivity index (χ2n) is 8.29. The molecule has 0 bridgehead atoms. The van der Waals surface area contributed by atoms with Crippen LogP contribution in [-0.4, -0.2) is 50.8 Å². The van der Waals surface area contributed by atoms with Gasteiger partial charge in [0.1, 0.15) is 11.9 Å². The third kappa shape index (κ3) is 4.15. The number of benzene rings is 2. The molecule has 8 nitrogen and oxygen atoms in total. The zero-order valence-corrected chi connectivity index (χ0v) is 19.9. The number of quaternary nitrogens is 1. The van der Waals surface area contributed by atoms with Gasteiger partial charge in [-0.15, -0.1) is 0 Å². The van der Waals surface area contributed by atoms with Gasteiger partial charge in [0, 0.05) is 26.0 Å². The van der Waals surface area contributed by atoms with Gasteiger partial charge in [-0.2, -0.15) is 0 Å². The molecule has 0 aliphatic carbocycles. The number of nitrogens with two attached hydrogens (primary N) is 1. The second kappa shape index (κ2) is 9.44. The van der Waals surface area contributed by atoms with E-state index in [9.17, 15) is 9.59 Å². The fourth-order valence-electron chi connectivity index (χ4n) is 4.00. The molecule has 0 aliphatic heterocycles. The van der Waals surface area contributed by atoms with Crippen LogP contribution < -0.4 is 11.0 Å². The van der Waals surface area contributed by atoms with E-state index in [2.05, 4.69) is 4.98 Å². The Balaban J connectivity index is 1.91. The molecule has 2 heterocycles. The molecule has 174 valence electrons. The van der Waals surface area contributed by atoms with Crippen LogP contribution in [0.5, 0.6) is 0 Å². The van der Waals surface area contributed by atoms with Gasteiger partial charge in [0.2, 0.25) is 0 Å². The van der Waals surface area contributed by atoms with Crippen LogP contribution in [0, 0.1) is 5.41 Å². The normalized spacial score (nSPS) is 11.8. The summed E-state index contributed by atoms with van der Waals surface area (Å²) in [4.78, 5) is 31.8. The van der Waals surface area contributed by atoms with Crippen LogP contribution in [0.3, 0.4) is 0 Å². The third-order valence-electron chi connectivity index (χ3n) is 6.08. The molecular weight excluding hydrogens is 428 g/mol. The lowest BCUT2D eigenvalue weighted by atomic mass is 10.0. The predicted octanol–water partition coefficient (Wildman–Crippen LogP) is 2.43. The maximum Gasteiger partial charge on any atom is 0.333 e. The first-order valence-electron chi connectivity index (χ1n) is 11.2. The number of nitrogens with one attached hydrogen (secondary N) is 1. The van der Waals surface area contributed by atoms with Crippen molar-refractivity contribution in [1.29, 1.82) is 5.41 Å². The molecular formula is C26H29N6O2+. The van der Waals surface area contributed by atoms with E-state index < -0.39 is 0 Å². The number of rotatable bonds is 7. The minimum atomic E-state index is -0.266. The molecule has 0 saturated heterocycles. The first-order valence-corrected chi connectivity index (χ1v) is 11.2. The Morgan fingerprint density at radius 3 is 2.59 bits per heavy atom. The minimum Gasteiger partial charge on any atom is -0.341 e. The summed E-state index contributed by atoms with van der Waals surface area (Å²) in [7, 11) is 3.46. The third-order valence-corrected chi connectivity index (χ3v) is 6.08. The van der Waals surface area contributed by atoms with Crippen LogP contribution in [0.15, 0.2) is 65.7 Å². The highest BCUT2D eigenvalue weighted by molar-refractivity contribution is 6.18. The van der Waals surface area contributed by atoms with Crippen molar-refractivity contribution in [2.45, 2.75) is 13.8 Å². The van der Waals surface area contributed by atoms with Gasteiger partial charge in [0.15, 0.2) is 6.54 Å². The lowest BCUT2D eigenvalue weighted by Gasteiger charge is -2.13. The zero-order chi connectivity index (χ0) is 24.4. The molecule has 0 radical (unpaired) electrons. The highest BCUT2D eigenvalue weighted by atomic mass is 16.2. The van der Waals surface area contributed by atoms with Crippen molar-refractivity contribution < 1.29 is 10.1 Å². The van der Waals surface area contributed by atoms with Crippen molar-refractivity contribution in [2.75, 3.05) is 20.1 Å². The molecule has 0 atom stereocenters. The van der Waals surface area contributed by atoms with Gasteiger partial charge in [0.05, 0.1) is 28.5 Å². The Labute approximate surface area is 197 Å². The lowest BCUT2D eigenvalue weighted by Crippen LogP contribution is -2.81. The monoisotopic (exact) mass is 457 g/mol. The fourth-order valence-corrected chi connectivity index (χ4v) is 4.00. The molecule has 0 spiro atoms. The Morgan fingerprint density at radius 2 is 1.91 bits per heavy atom. The van der Waals surface area contributed by atoms with E-state index in [1.807, 2.05) is 55.5 Å². The van der Waals surface area contributed by atoms with Crippen molar-refractivity contribution in [1.82, 2.24) is 19.0 Å². The highest BCUT2D eigenvalue weighted by Gasteiger charge is 2.20. The number of amides is 1. The quantitative estimate of drug-likeness (QED) is 0.417. The number of allylic oxidation sites excluding steroid dienone is 1. The van der Waals surface area contributed by atoms with Gasteiger partial charge >= 0.3 is 5.69 Å². The smallest absolute Gasteiger partial charge is 0.333 e. The van der Waals surface area contributed by atoms with Gasteiger partial charge in [-0.05, 0) is 37.1 Å². The second-order valence-corrected chi connectivity index (χ2v) is 8.29. The average molecular weight is 458 g/mol. The predicted molar refractivity (Wildman–Crippen MR) is 136 cm³/mol. The summed E-state index contributed by atoms with van der Waals surface area (Å²) in [6.07, 6.45) is 3.38. The number of imidazole rings is 1. The van der Waals surface area contributed by atoms with Crippen LogP contribution in [-0.2, 0) is 11.8 Å². The molecule has 0 unspecified atom stereocenters. The fraction of sp³-hybridized carbons (Fsp3) is 0.231. The van der Waals surface area contributed by atoms with Crippen LogP contribution in [0.2, 0.25) is 0 Å². The topological polar surface area (TPSA) is 101 Å². The summed E-state index contributed by atoms with van der Waals surface area (Å²) >= 11 is 0. The lowest BCUT2D eigenvalue weighted by molar-refractivity contribution is -0.575. The van der Waals surface area contributed by atoms with E-state index in [1.54, 1.807) is 52.8 Å². The number of nitrogens with zero attached hydrogens (tertiary/aromatic N) is 4. The van der Waals surface area contributed by atoms with Gasteiger partial charge in [0.25, 0.3) is 5.91 Å². The Kier molecular flexibility index (Phi) is 6.43. The zero-order valence-electron chi connectivity index (χ0n) is 19.9.